The number of hydrogen-bond donors (Lipinski definition) is 1. The van der Waals surface area contributed by atoms with Gasteiger partial charge in [-0.05, 0) is 26.3 Å². The minimum absolute atomic E-state index is 0.0160. The molecule has 1 rings (SSSR count). The highest BCUT2D eigenvalue weighted by atomic mass is 16.4. The monoisotopic (exact) mass is 181 g/mol. The minimum atomic E-state index is -1.08. The van der Waals surface area contributed by atoms with Gasteiger partial charge >= 0.3 is 5.97 Å². The second kappa shape index (κ2) is 2.80. The lowest BCUT2D eigenvalue weighted by Gasteiger charge is -2.18. The number of rotatable bonds is 2. The summed E-state index contributed by atoms with van der Waals surface area (Å²) in [4.78, 5) is 25.6. The van der Waals surface area contributed by atoms with Crippen molar-refractivity contribution in [3.05, 3.63) is 11.3 Å². The van der Waals surface area contributed by atoms with E-state index in [0.29, 0.717) is 5.57 Å². The first-order valence-electron chi connectivity index (χ1n) is 3.90. The Balaban J connectivity index is 3.20. The third-order valence-corrected chi connectivity index (χ3v) is 2.52. The SMILES string of the molecule is CC(=O)C1(C)C=NC(C(=O)O)=C1C. The van der Waals surface area contributed by atoms with Gasteiger partial charge in [0, 0.05) is 6.21 Å². The van der Waals surface area contributed by atoms with Crippen LogP contribution in [0.5, 0.6) is 0 Å². The molecule has 1 aliphatic heterocycles. The van der Waals surface area contributed by atoms with Crippen LogP contribution < -0.4 is 0 Å². The molecule has 1 N–H and O–H groups in total. The summed E-state index contributed by atoms with van der Waals surface area (Å²) in [5, 5.41) is 8.71. The van der Waals surface area contributed by atoms with Gasteiger partial charge in [0.05, 0.1) is 5.41 Å². The van der Waals surface area contributed by atoms with E-state index in [2.05, 4.69) is 4.99 Å². The maximum Gasteiger partial charge on any atom is 0.354 e. The molecule has 0 saturated heterocycles. The van der Waals surface area contributed by atoms with Crippen LogP contribution in [0.15, 0.2) is 16.3 Å². The summed E-state index contributed by atoms with van der Waals surface area (Å²) < 4.78 is 0. The van der Waals surface area contributed by atoms with Crippen LogP contribution in [0.4, 0.5) is 0 Å². The Morgan fingerprint density at radius 2 is 2.08 bits per heavy atom. The highest BCUT2D eigenvalue weighted by Crippen LogP contribution is 2.33. The third-order valence-electron chi connectivity index (χ3n) is 2.52. The molecule has 1 heterocycles. The number of carbonyl (C=O) groups excluding carboxylic acids is 1. The van der Waals surface area contributed by atoms with E-state index in [0.717, 1.165) is 0 Å². The number of carbonyl (C=O) groups is 2. The maximum atomic E-state index is 11.2. The number of nitrogens with zero attached hydrogens (tertiary/aromatic N) is 1. The van der Waals surface area contributed by atoms with Crippen molar-refractivity contribution < 1.29 is 14.7 Å². The lowest BCUT2D eigenvalue weighted by atomic mass is 9.81. The smallest absolute Gasteiger partial charge is 0.354 e. The van der Waals surface area contributed by atoms with E-state index in [4.69, 9.17) is 5.11 Å². The Hall–Kier alpha value is -1.45. The predicted molar refractivity (Wildman–Crippen MR) is 47.6 cm³/mol. The summed E-state index contributed by atoms with van der Waals surface area (Å²) >= 11 is 0. The van der Waals surface area contributed by atoms with Gasteiger partial charge in [-0.15, -0.1) is 0 Å². The number of ketones is 1. The van der Waals surface area contributed by atoms with Crippen LogP contribution >= 0.6 is 0 Å². The van der Waals surface area contributed by atoms with Gasteiger partial charge in [0.1, 0.15) is 11.5 Å². The van der Waals surface area contributed by atoms with Crippen LogP contribution in [-0.2, 0) is 9.59 Å². The van der Waals surface area contributed by atoms with Crippen LogP contribution in [0.25, 0.3) is 0 Å². The molecule has 4 heteroatoms. The highest BCUT2D eigenvalue weighted by molar-refractivity contribution is 6.07. The number of Topliss-reactive ketones (excluding diaryl/α,β-unsaturated/α-hetero) is 1. The predicted octanol–water partition coefficient (Wildman–Crippen LogP) is 1.02. The van der Waals surface area contributed by atoms with Crippen molar-refractivity contribution in [3.8, 4) is 0 Å². The van der Waals surface area contributed by atoms with E-state index in [9.17, 15) is 9.59 Å². The Labute approximate surface area is 76.0 Å². The average molecular weight is 181 g/mol. The molecule has 0 saturated carbocycles. The molecule has 0 aromatic rings. The van der Waals surface area contributed by atoms with Gasteiger partial charge in [-0.3, -0.25) is 9.79 Å². The molecular weight excluding hydrogens is 170 g/mol. The molecule has 0 radical (unpaired) electrons. The van der Waals surface area contributed by atoms with Gasteiger partial charge in [-0.2, -0.15) is 0 Å². The Bertz CT molecular complexity index is 341. The largest absolute Gasteiger partial charge is 0.477 e. The molecule has 0 aromatic carbocycles. The molecular formula is C9H11NO3. The molecule has 0 bridgehead atoms. The highest BCUT2D eigenvalue weighted by Gasteiger charge is 2.37. The Kier molecular flexibility index (Phi) is 2.07. The van der Waals surface area contributed by atoms with Crippen molar-refractivity contribution in [1.29, 1.82) is 0 Å². The average Bonchev–Trinajstić information content (AvgIpc) is 2.30. The number of allylic oxidation sites excluding steroid dienone is 1. The van der Waals surface area contributed by atoms with Crippen molar-refractivity contribution in [2.75, 3.05) is 0 Å². The molecule has 4 nitrogen and oxygen atoms in total. The molecule has 1 aliphatic rings. The van der Waals surface area contributed by atoms with E-state index in [1.807, 2.05) is 0 Å². The van der Waals surface area contributed by atoms with Crippen molar-refractivity contribution in [2.45, 2.75) is 20.8 Å². The standard InChI is InChI=1S/C9H11NO3/c1-5-7(8(12)13)10-4-9(5,3)6(2)11/h4H,1-3H3,(H,12,13). The zero-order chi connectivity index (χ0) is 10.2. The molecule has 1 unspecified atom stereocenters. The Morgan fingerprint density at radius 1 is 1.54 bits per heavy atom. The zero-order valence-corrected chi connectivity index (χ0v) is 7.79. The second-order valence-electron chi connectivity index (χ2n) is 3.30. The molecule has 0 aliphatic carbocycles. The summed E-state index contributed by atoms with van der Waals surface area (Å²) in [5.74, 6) is -1.18. The van der Waals surface area contributed by atoms with Crippen LogP contribution in [0.1, 0.15) is 20.8 Å². The molecule has 0 amide bonds. The number of carboxylic acids is 1. The topological polar surface area (TPSA) is 66.7 Å². The van der Waals surface area contributed by atoms with Crippen molar-refractivity contribution in [2.24, 2.45) is 10.4 Å². The fourth-order valence-electron chi connectivity index (χ4n) is 1.20. The molecule has 0 fully saturated rings. The third kappa shape index (κ3) is 1.28. The van der Waals surface area contributed by atoms with Gasteiger partial charge in [0.15, 0.2) is 0 Å². The van der Waals surface area contributed by atoms with Gasteiger partial charge in [-0.25, -0.2) is 4.79 Å². The van der Waals surface area contributed by atoms with E-state index in [1.54, 1.807) is 13.8 Å². The minimum Gasteiger partial charge on any atom is -0.477 e. The van der Waals surface area contributed by atoms with E-state index in [-0.39, 0.29) is 11.5 Å². The van der Waals surface area contributed by atoms with Gasteiger partial charge in [0.25, 0.3) is 0 Å². The number of hydrogen-bond acceptors (Lipinski definition) is 3. The first kappa shape index (κ1) is 9.64. The van der Waals surface area contributed by atoms with Gasteiger partial charge < -0.3 is 5.11 Å². The lowest BCUT2D eigenvalue weighted by Crippen LogP contribution is -2.26. The molecule has 1 atom stereocenters. The number of carboxylic acid groups (broad SMARTS) is 1. The van der Waals surface area contributed by atoms with E-state index >= 15 is 0 Å². The Morgan fingerprint density at radius 3 is 2.31 bits per heavy atom. The summed E-state index contributed by atoms with van der Waals surface area (Å²) in [7, 11) is 0. The summed E-state index contributed by atoms with van der Waals surface area (Å²) in [6.07, 6.45) is 1.40. The van der Waals surface area contributed by atoms with Crippen LogP contribution in [0, 0.1) is 5.41 Å². The first-order chi connectivity index (χ1) is 5.89. The summed E-state index contributed by atoms with van der Waals surface area (Å²) in [6.45, 7) is 4.72. The first-order valence-corrected chi connectivity index (χ1v) is 3.90. The normalized spacial score (nSPS) is 26.7. The summed E-state index contributed by atoms with van der Waals surface area (Å²) in [5.41, 5.74) is -0.335. The lowest BCUT2D eigenvalue weighted by molar-refractivity contribution is -0.132. The van der Waals surface area contributed by atoms with E-state index < -0.39 is 11.4 Å². The quantitative estimate of drug-likeness (QED) is 0.691. The zero-order valence-electron chi connectivity index (χ0n) is 7.79. The molecule has 0 spiro atoms. The van der Waals surface area contributed by atoms with Gasteiger partial charge in [-0.1, -0.05) is 0 Å². The fourth-order valence-corrected chi connectivity index (χ4v) is 1.20. The summed E-state index contributed by atoms with van der Waals surface area (Å²) in [6, 6.07) is 0. The second-order valence-corrected chi connectivity index (χ2v) is 3.30. The van der Waals surface area contributed by atoms with Crippen LogP contribution in [-0.4, -0.2) is 23.1 Å². The fraction of sp³-hybridized carbons (Fsp3) is 0.444. The number of aliphatic imine (C=N–C) groups is 1. The van der Waals surface area contributed by atoms with Crippen LogP contribution in [0.3, 0.4) is 0 Å². The molecule has 70 valence electrons. The maximum absolute atomic E-state index is 11.2. The van der Waals surface area contributed by atoms with Crippen molar-refractivity contribution in [1.82, 2.24) is 0 Å². The van der Waals surface area contributed by atoms with Crippen LogP contribution in [0.2, 0.25) is 0 Å². The molecule has 13 heavy (non-hydrogen) atoms. The van der Waals surface area contributed by atoms with Gasteiger partial charge in [0.2, 0.25) is 0 Å². The van der Waals surface area contributed by atoms with E-state index in [1.165, 1.54) is 13.1 Å². The van der Waals surface area contributed by atoms with Crippen molar-refractivity contribution >= 4 is 18.0 Å². The van der Waals surface area contributed by atoms with Crippen molar-refractivity contribution in [3.63, 3.8) is 0 Å². The molecule has 0 aromatic heterocycles. The number of aliphatic carboxylic acids is 1.